The molecule has 0 unspecified atom stereocenters. The largest absolute Gasteiger partial charge is 0.465 e. The van der Waals surface area contributed by atoms with E-state index in [1.165, 1.54) is 4.90 Å². The fourth-order valence-electron chi connectivity index (χ4n) is 2.29. The van der Waals surface area contributed by atoms with E-state index in [2.05, 4.69) is 15.9 Å². The van der Waals surface area contributed by atoms with Gasteiger partial charge in [-0.2, -0.15) is 0 Å². The zero-order chi connectivity index (χ0) is 16.3. The Morgan fingerprint density at radius 3 is 2.59 bits per heavy atom. The first kappa shape index (κ1) is 16.8. The van der Waals surface area contributed by atoms with E-state index in [-0.39, 0.29) is 37.0 Å². The van der Waals surface area contributed by atoms with Crippen LogP contribution in [-0.2, 0) is 4.74 Å². The number of halogens is 3. The highest BCUT2D eigenvalue weighted by molar-refractivity contribution is 9.10. The number of carbonyl (C=O) groups excluding carboxylic acids is 1. The van der Waals surface area contributed by atoms with Crippen LogP contribution in [0.4, 0.5) is 13.6 Å². The lowest BCUT2D eigenvalue weighted by Gasteiger charge is -2.30. The van der Waals surface area contributed by atoms with E-state index in [9.17, 15) is 18.4 Å². The molecule has 120 valence electrons. The summed E-state index contributed by atoms with van der Waals surface area (Å²) in [6.45, 7) is 0.663. The van der Waals surface area contributed by atoms with Gasteiger partial charge in [-0.1, -0.05) is 15.9 Å². The van der Waals surface area contributed by atoms with Gasteiger partial charge in [0.05, 0.1) is 24.8 Å². The van der Waals surface area contributed by atoms with E-state index in [4.69, 9.17) is 9.84 Å². The van der Waals surface area contributed by atoms with Crippen molar-refractivity contribution in [2.24, 2.45) is 0 Å². The van der Waals surface area contributed by atoms with E-state index < -0.39 is 35.2 Å². The van der Waals surface area contributed by atoms with Crippen molar-refractivity contribution in [2.45, 2.75) is 18.9 Å². The quantitative estimate of drug-likeness (QED) is 0.818. The topological polar surface area (TPSA) is 66.8 Å². The molecule has 1 fully saturated rings. The Morgan fingerprint density at radius 1 is 1.36 bits per heavy atom. The third kappa shape index (κ3) is 4.01. The van der Waals surface area contributed by atoms with Gasteiger partial charge < -0.3 is 14.7 Å². The molecule has 0 spiro atoms. The van der Waals surface area contributed by atoms with Crippen LogP contribution in [0.2, 0.25) is 0 Å². The van der Waals surface area contributed by atoms with Gasteiger partial charge in [-0.25, -0.2) is 13.6 Å². The first-order valence-electron chi connectivity index (χ1n) is 6.65. The minimum Gasteiger partial charge on any atom is -0.465 e. The molecular formula is C14H14BrF2NO4. The van der Waals surface area contributed by atoms with E-state index in [1.807, 2.05) is 0 Å². The Labute approximate surface area is 134 Å². The van der Waals surface area contributed by atoms with Gasteiger partial charge in [0.1, 0.15) is 11.6 Å². The number of benzene rings is 1. The van der Waals surface area contributed by atoms with Crippen molar-refractivity contribution in [1.29, 1.82) is 0 Å². The summed E-state index contributed by atoms with van der Waals surface area (Å²) in [4.78, 5) is 24.0. The van der Waals surface area contributed by atoms with Gasteiger partial charge in [0.25, 0.3) is 0 Å². The van der Waals surface area contributed by atoms with Crippen molar-refractivity contribution in [2.75, 3.05) is 19.7 Å². The Balaban J connectivity index is 1.97. The number of hydrogen-bond donors (Lipinski definition) is 1. The summed E-state index contributed by atoms with van der Waals surface area (Å²) < 4.78 is 33.0. The molecule has 5 nitrogen and oxygen atoms in total. The fourth-order valence-corrected chi connectivity index (χ4v) is 2.70. The van der Waals surface area contributed by atoms with Crippen molar-refractivity contribution in [3.8, 4) is 0 Å². The Hall–Kier alpha value is -1.54. The van der Waals surface area contributed by atoms with Crippen LogP contribution in [0.1, 0.15) is 23.2 Å². The lowest BCUT2D eigenvalue weighted by Crippen LogP contribution is -2.45. The lowest BCUT2D eigenvalue weighted by molar-refractivity contribution is -0.0253. The minimum atomic E-state index is -1.05. The molecule has 0 saturated carbocycles. The number of carboxylic acid groups (broad SMARTS) is 1. The molecule has 22 heavy (non-hydrogen) atoms. The molecule has 1 heterocycles. The smallest absolute Gasteiger partial charge is 0.407 e. The summed E-state index contributed by atoms with van der Waals surface area (Å²) in [5.41, 5.74) is -0.575. The van der Waals surface area contributed by atoms with Crippen molar-refractivity contribution >= 4 is 27.8 Å². The maximum absolute atomic E-state index is 13.7. The van der Waals surface area contributed by atoms with E-state index in [0.29, 0.717) is 0 Å². The van der Waals surface area contributed by atoms with Gasteiger partial charge in [-0.05, 0) is 18.6 Å². The molecule has 1 aromatic carbocycles. The molecule has 1 atom stereocenters. The maximum Gasteiger partial charge on any atom is 0.407 e. The molecule has 1 amide bonds. The number of morpholine rings is 1. The van der Waals surface area contributed by atoms with Gasteiger partial charge in [0.2, 0.25) is 0 Å². The average molecular weight is 378 g/mol. The number of ketones is 1. The monoisotopic (exact) mass is 377 g/mol. The van der Waals surface area contributed by atoms with Crippen LogP contribution in [0, 0.1) is 11.6 Å². The van der Waals surface area contributed by atoms with Gasteiger partial charge in [0.15, 0.2) is 5.78 Å². The summed E-state index contributed by atoms with van der Waals surface area (Å²) in [6.07, 6.45) is -1.41. The van der Waals surface area contributed by atoms with Gasteiger partial charge >= 0.3 is 6.09 Å². The average Bonchev–Trinajstić information content (AvgIpc) is 2.44. The van der Waals surface area contributed by atoms with Crippen LogP contribution in [0.25, 0.3) is 0 Å². The maximum atomic E-state index is 13.7. The van der Waals surface area contributed by atoms with E-state index in [1.54, 1.807) is 0 Å². The molecule has 1 aromatic rings. The number of hydrogen-bond acceptors (Lipinski definition) is 3. The SMILES string of the molecule is O=C(CC[C@H]1CN(C(=O)O)CCO1)c1c(F)cc(Br)cc1F. The molecule has 2 rings (SSSR count). The zero-order valence-corrected chi connectivity index (χ0v) is 13.1. The summed E-state index contributed by atoms with van der Waals surface area (Å²) in [6, 6.07) is 2.05. The Morgan fingerprint density at radius 2 is 2.00 bits per heavy atom. The first-order valence-corrected chi connectivity index (χ1v) is 7.45. The number of nitrogens with zero attached hydrogens (tertiary/aromatic N) is 1. The molecule has 1 N–H and O–H groups in total. The number of Topliss-reactive ketones (excluding diaryl/α,β-unsaturated/α-hetero) is 1. The van der Waals surface area contributed by atoms with E-state index >= 15 is 0 Å². The highest BCUT2D eigenvalue weighted by Gasteiger charge is 2.25. The molecule has 1 saturated heterocycles. The van der Waals surface area contributed by atoms with Crippen molar-refractivity contribution in [3.05, 3.63) is 33.8 Å². The second kappa shape index (κ2) is 7.15. The normalized spacial score (nSPS) is 18.3. The van der Waals surface area contributed by atoms with E-state index in [0.717, 1.165) is 12.1 Å². The number of ether oxygens (including phenoxy) is 1. The number of amides is 1. The first-order chi connectivity index (χ1) is 10.4. The van der Waals surface area contributed by atoms with Gasteiger partial charge in [-0.15, -0.1) is 0 Å². The summed E-state index contributed by atoms with van der Waals surface area (Å²) >= 11 is 2.95. The number of carbonyl (C=O) groups is 2. The summed E-state index contributed by atoms with van der Waals surface area (Å²) in [5, 5.41) is 8.91. The van der Waals surface area contributed by atoms with Crippen LogP contribution in [0.15, 0.2) is 16.6 Å². The molecule has 1 aliphatic heterocycles. The highest BCUT2D eigenvalue weighted by Crippen LogP contribution is 2.22. The molecule has 0 aromatic heterocycles. The second-order valence-corrected chi connectivity index (χ2v) is 5.84. The van der Waals surface area contributed by atoms with Crippen LogP contribution in [0.5, 0.6) is 0 Å². The second-order valence-electron chi connectivity index (χ2n) is 4.93. The third-order valence-electron chi connectivity index (χ3n) is 3.39. The summed E-state index contributed by atoms with van der Waals surface area (Å²) in [5.74, 6) is -2.51. The lowest BCUT2D eigenvalue weighted by atomic mass is 10.0. The van der Waals surface area contributed by atoms with Gasteiger partial charge in [-0.3, -0.25) is 4.79 Å². The van der Waals surface area contributed by atoms with Crippen LogP contribution in [-0.4, -0.2) is 47.7 Å². The predicted molar refractivity (Wildman–Crippen MR) is 77.0 cm³/mol. The number of rotatable bonds is 4. The minimum absolute atomic E-state index is 0.117. The third-order valence-corrected chi connectivity index (χ3v) is 3.85. The van der Waals surface area contributed by atoms with Crippen LogP contribution in [0.3, 0.4) is 0 Å². The summed E-state index contributed by atoms with van der Waals surface area (Å²) in [7, 11) is 0. The van der Waals surface area contributed by atoms with Crippen LogP contribution < -0.4 is 0 Å². The molecule has 0 radical (unpaired) electrons. The van der Waals surface area contributed by atoms with Crippen molar-refractivity contribution in [1.82, 2.24) is 4.90 Å². The van der Waals surface area contributed by atoms with Crippen molar-refractivity contribution < 1.29 is 28.2 Å². The highest BCUT2D eigenvalue weighted by atomic mass is 79.9. The zero-order valence-electron chi connectivity index (χ0n) is 11.5. The standard InChI is InChI=1S/C14H14BrF2NO4/c15-8-5-10(16)13(11(17)6-8)12(19)2-1-9-7-18(14(20)21)3-4-22-9/h5-6,9H,1-4,7H2,(H,20,21)/t9-/m0/s1. The predicted octanol–water partition coefficient (Wildman–Crippen LogP) is 3.07. The molecular weight excluding hydrogens is 364 g/mol. The Kier molecular flexibility index (Phi) is 5.47. The molecule has 8 heteroatoms. The van der Waals surface area contributed by atoms with Crippen LogP contribution >= 0.6 is 15.9 Å². The van der Waals surface area contributed by atoms with Gasteiger partial charge in [0, 0.05) is 17.4 Å². The molecule has 0 bridgehead atoms. The van der Waals surface area contributed by atoms with Crippen molar-refractivity contribution in [3.63, 3.8) is 0 Å². The Bertz CT molecular complexity index is 573. The molecule has 1 aliphatic rings. The fraction of sp³-hybridized carbons (Fsp3) is 0.429. The molecule has 0 aliphatic carbocycles.